The first-order valence-electron chi connectivity index (χ1n) is 8.18. The van der Waals surface area contributed by atoms with Crippen LogP contribution in [0.1, 0.15) is 0 Å². The maximum Gasteiger partial charge on any atom is 0.238 e. The van der Waals surface area contributed by atoms with E-state index >= 15 is 0 Å². The summed E-state index contributed by atoms with van der Waals surface area (Å²) in [5.74, 6) is 1.05. The van der Waals surface area contributed by atoms with E-state index in [-0.39, 0.29) is 4.90 Å². The highest BCUT2D eigenvalue weighted by atomic mass is 35.5. The number of aromatic nitrogens is 3. The summed E-state index contributed by atoms with van der Waals surface area (Å²) in [6.07, 6.45) is 3.35. The van der Waals surface area contributed by atoms with Crippen molar-refractivity contribution in [3.63, 3.8) is 0 Å². The highest BCUT2D eigenvalue weighted by Crippen LogP contribution is 2.29. The number of fused-ring (bicyclic) bond motifs is 1. The molecule has 2 aromatic heterocycles. The minimum Gasteiger partial charge on any atom is -0.340 e. The SMILES string of the molecule is NS(=O)(=O)c1ccc(Nc2nc(-c3cccnc3)nc3cc(Cl)ccc23)cc1. The van der Waals surface area contributed by atoms with E-state index in [0.717, 1.165) is 10.9 Å². The zero-order valence-electron chi connectivity index (χ0n) is 14.4. The fourth-order valence-corrected chi connectivity index (χ4v) is 3.37. The van der Waals surface area contributed by atoms with E-state index < -0.39 is 10.0 Å². The molecule has 3 N–H and O–H groups in total. The van der Waals surface area contributed by atoms with Gasteiger partial charge in [0.05, 0.1) is 10.4 Å². The highest BCUT2D eigenvalue weighted by Gasteiger charge is 2.12. The Morgan fingerprint density at radius 3 is 2.46 bits per heavy atom. The number of nitrogens with two attached hydrogens (primary N) is 1. The van der Waals surface area contributed by atoms with Crippen molar-refractivity contribution >= 4 is 44.0 Å². The Bertz CT molecular complexity index is 1260. The molecule has 0 radical (unpaired) electrons. The topological polar surface area (TPSA) is 111 Å². The fraction of sp³-hybridized carbons (Fsp3) is 0. The van der Waals surface area contributed by atoms with Gasteiger partial charge >= 0.3 is 0 Å². The minimum absolute atomic E-state index is 0.0356. The first-order chi connectivity index (χ1) is 13.4. The standard InChI is InChI=1S/C19H14ClN5O2S/c20-13-3-8-16-17(10-13)24-18(12-2-1-9-22-11-12)25-19(16)23-14-4-6-15(7-5-14)28(21,26)27/h1-11H,(H2,21,26,27)(H,23,24,25). The number of hydrogen-bond donors (Lipinski definition) is 2. The van der Waals surface area contributed by atoms with Crippen LogP contribution in [0.2, 0.25) is 5.02 Å². The van der Waals surface area contributed by atoms with Gasteiger partial charge < -0.3 is 5.32 Å². The van der Waals surface area contributed by atoms with Crippen LogP contribution in [0.4, 0.5) is 11.5 Å². The van der Waals surface area contributed by atoms with Gasteiger partial charge in [0, 0.05) is 34.1 Å². The van der Waals surface area contributed by atoms with Crippen LogP contribution >= 0.6 is 11.6 Å². The van der Waals surface area contributed by atoms with Gasteiger partial charge in [0.1, 0.15) is 5.82 Å². The second-order valence-electron chi connectivity index (χ2n) is 5.99. The molecule has 0 atom stereocenters. The predicted octanol–water partition coefficient (Wildman–Crippen LogP) is 3.74. The molecule has 4 rings (SSSR count). The Balaban J connectivity index is 1.81. The third-order valence-electron chi connectivity index (χ3n) is 4.02. The zero-order valence-corrected chi connectivity index (χ0v) is 15.9. The fourth-order valence-electron chi connectivity index (χ4n) is 2.69. The molecule has 2 aromatic carbocycles. The van der Waals surface area contributed by atoms with E-state index in [1.807, 2.05) is 12.1 Å². The molecular weight excluding hydrogens is 398 g/mol. The molecule has 9 heteroatoms. The summed E-state index contributed by atoms with van der Waals surface area (Å²) in [7, 11) is -3.75. The van der Waals surface area contributed by atoms with Crippen molar-refractivity contribution in [1.29, 1.82) is 0 Å². The number of halogens is 1. The van der Waals surface area contributed by atoms with Gasteiger partial charge in [-0.2, -0.15) is 0 Å². The first-order valence-corrected chi connectivity index (χ1v) is 10.1. The van der Waals surface area contributed by atoms with Crippen molar-refractivity contribution in [3.05, 3.63) is 72.0 Å². The van der Waals surface area contributed by atoms with E-state index in [1.54, 1.807) is 42.7 Å². The molecule has 2 heterocycles. The van der Waals surface area contributed by atoms with Crippen molar-refractivity contribution in [2.24, 2.45) is 5.14 Å². The summed E-state index contributed by atoms with van der Waals surface area (Å²) < 4.78 is 22.9. The zero-order chi connectivity index (χ0) is 19.7. The molecule has 140 valence electrons. The summed E-state index contributed by atoms with van der Waals surface area (Å²) in [6.45, 7) is 0. The second-order valence-corrected chi connectivity index (χ2v) is 7.99. The number of pyridine rings is 1. The largest absolute Gasteiger partial charge is 0.340 e. The second kappa shape index (κ2) is 7.16. The average molecular weight is 412 g/mol. The van der Waals surface area contributed by atoms with Crippen molar-refractivity contribution in [2.75, 3.05) is 5.32 Å². The molecule has 4 aromatic rings. The summed E-state index contributed by atoms with van der Waals surface area (Å²) in [6, 6.07) is 15.1. The molecule has 0 bridgehead atoms. The lowest BCUT2D eigenvalue weighted by Gasteiger charge is -2.11. The summed E-state index contributed by atoms with van der Waals surface area (Å²) >= 11 is 6.13. The molecule has 28 heavy (non-hydrogen) atoms. The smallest absolute Gasteiger partial charge is 0.238 e. The number of nitrogens with zero attached hydrogens (tertiary/aromatic N) is 3. The van der Waals surface area contributed by atoms with Gasteiger partial charge in [0.2, 0.25) is 10.0 Å². The van der Waals surface area contributed by atoms with E-state index in [2.05, 4.69) is 20.3 Å². The molecule has 0 amide bonds. The minimum atomic E-state index is -3.75. The van der Waals surface area contributed by atoms with Gasteiger partial charge in [-0.3, -0.25) is 4.98 Å². The van der Waals surface area contributed by atoms with Crippen molar-refractivity contribution < 1.29 is 8.42 Å². The number of hydrogen-bond acceptors (Lipinski definition) is 6. The molecule has 0 unspecified atom stereocenters. The highest BCUT2D eigenvalue weighted by molar-refractivity contribution is 7.89. The van der Waals surface area contributed by atoms with Gasteiger partial charge in [0.15, 0.2) is 5.82 Å². The van der Waals surface area contributed by atoms with E-state index in [4.69, 9.17) is 16.7 Å². The maximum atomic E-state index is 11.4. The molecule has 0 saturated carbocycles. The number of anilines is 2. The lowest BCUT2D eigenvalue weighted by molar-refractivity contribution is 0.598. The Labute approximate surface area is 166 Å². The quantitative estimate of drug-likeness (QED) is 0.529. The van der Waals surface area contributed by atoms with Crippen LogP contribution in [-0.2, 0) is 10.0 Å². The molecule has 0 saturated heterocycles. The van der Waals surface area contributed by atoms with Crippen molar-refractivity contribution in [1.82, 2.24) is 15.0 Å². The number of sulfonamides is 1. The lowest BCUT2D eigenvalue weighted by atomic mass is 10.2. The Morgan fingerprint density at radius 2 is 1.79 bits per heavy atom. The first kappa shape index (κ1) is 18.3. The summed E-state index contributed by atoms with van der Waals surface area (Å²) in [5.41, 5.74) is 2.08. The number of rotatable bonds is 4. The van der Waals surface area contributed by atoms with E-state index in [0.29, 0.717) is 27.9 Å². The predicted molar refractivity (Wildman–Crippen MR) is 109 cm³/mol. The van der Waals surface area contributed by atoms with Gasteiger partial charge in [-0.25, -0.2) is 23.5 Å². The van der Waals surface area contributed by atoms with Crippen molar-refractivity contribution in [3.8, 4) is 11.4 Å². The van der Waals surface area contributed by atoms with Crippen LogP contribution in [0, 0.1) is 0 Å². The molecule has 0 aliphatic rings. The van der Waals surface area contributed by atoms with Gasteiger partial charge in [-0.15, -0.1) is 0 Å². The van der Waals surface area contributed by atoms with E-state index in [1.165, 1.54) is 12.1 Å². The van der Waals surface area contributed by atoms with Crippen molar-refractivity contribution in [2.45, 2.75) is 4.90 Å². The van der Waals surface area contributed by atoms with Crippen LogP contribution in [-0.4, -0.2) is 23.4 Å². The van der Waals surface area contributed by atoms with Crippen LogP contribution in [0.3, 0.4) is 0 Å². The molecular formula is C19H14ClN5O2S. The maximum absolute atomic E-state index is 11.4. The monoisotopic (exact) mass is 411 g/mol. The number of benzene rings is 2. The number of nitrogens with one attached hydrogen (secondary N) is 1. The molecule has 0 fully saturated rings. The Morgan fingerprint density at radius 1 is 1.00 bits per heavy atom. The molecule has 7 nitrogen and oxygen atoms in total. The van der Waals surface area contributed by atoms with Gasteiger partial charge in [-0.1, -0.05) is 11.6 Å². The summed E-state index contributed by atoms with van der Waals surface area (Å²) in [5, 5.41) is 9.68. The summed E-state index contributed by atoms with van der Waals surface area (Å²) in [4.78, 5) is 13.3. The lowest BCUT2D eigenvalue weighted by Crippen LogP contribution is -2.11. The normalized spacial score (nSPS) is 11.5. The Kier molecular flexibility index (Phi) is 4.68. The van der Waals surface area contributed by atoms with Gasteiger partial charge in [0.25, 0.3) is 0 Å². The van der Waals surface area contributed by atoms with Crippen LogP contribution in [0.15, 0.2) is 71.9 Å². The van der Waals surface area contributed by atoms with Crippen LogP contribution in [0.25, 0.3) is 22.3 Å². The molecule has 0 aliphatic heterocycles. The third kappa shape index (κ3) is 3.79. The third-order valence-corrected chi connectivity index (χ3v) is 5.19. The van der Waals surface area contributed by atoms with E-state index in [9.17, 15) is 8.42 Å². The number of primary sulfonamides is 1. The van der Waals surface area contributed by atoms with Crippen LogP contribution in [0.5, 0.6) is 0 Å². The molecule has 0 aliphatic carbocycles. The van der Waals surface area contributed by atoms with Gasteiger partial charge in [-0.05, 0) is 54.6 Å². The average Bonchev–Trinajstić information content (AvgIpc) is 2.68. The van der Waals surface area contributed by atoms with Crippen LogP contribution < -0.4 is 10.5 Å². The Hall–Kier alpha value is -3.07. The molecule has 0 spiro atoms.